The third-order valence-electron chi connectivity index (χ3n) is 3.48. The van der Waals surface area contributed by atoms with E-state index in [0.29, 0.717) is 5.89 Å². The van der Waals surface area contributed by atoms with Crippen molar-refractivity contribution in [2.75, 3.05) is 6.54 Å². The first-order chi connectivity index (χ1) is 9.24. The molecule has 3 rings (SSSR count). The normalized spacial score (nSPS) is 19.6. The molecule has 1 aliphatic heterocycles. The highest BCUT2D eigenvalue weighted by Gasteiger charge is 2.21. The highest BCUT2D eigenvalue weighted by molar-refractivity contribution is 9.10. The maximum atomic E-state index is 5.41. The molecular formula is C14H16BrN3O. The Morgan fingerprint density at radius 3 is 3.00 bits per heavy atom. The lowest BCUT2D eigenvalue weighted by Crippen LogP contribution is -2.27. The molecule has 100 valence electrons. The maximum Gasteiger partial charge on any atom is 0.258 e. The maximum absolute atomic E-state index is 5.41. The minimum Gasteiger partial charge on any atom is -0.334 e. The minimum absolute atomic E-state index is 0.238. The molecule has 0 bridgehead atoms. The summed E-state index contributed by atoms with van der Waals surface area (Å²) in [7, 11) is 0. The standard InChI is InChI=1S/C14H16BrN3O/c1-9-8-10(15)5-6-11(9)14-17-13(18-19-14)12-4-2-3-7-16-12/h5-6,8,12,16H,2-4,7H2,1H3. The van der Waals surface area contributed by atoms with Gasteiger partial charge in [-0.25, -0.2) is 0 Å². The quantitative estimate of drug-likeness (QED) is 0.917. The predicted octanol–water partition coefficient (Wildman–Crippen LogP) is 3.62. The van der Waals surface area contributed by atoms with Crippen LogP contribution in [-0.2, 0) is 0 Å². The molecule has 2 aromatic rings. The molecule has 4 nitrogen and oxygen atoms in total. The van der Waals surface area contributed by atoms with E-state index in [0.717, 1.165) is 34.4 Å². The number of nitrogens with zero attached hydrogens (tertiary/aromatic N) is 2. The molecule has 2 heterocycles. The molecule has 1 saturated heterocycles. The van der Waals surface area contributed by atoms with Gasteiger partial charge in [-0.05, 0) is 50.1 Å². The first kappa shape index (κ1) is 12.8. The average Bonchev–Trinajstić information content (AvgIpc) is 2.89. The molecule has 1 aliphatic rings. The molecule has 0 aliphatic carbocycles. The highest BCUT2D eigenvalue weighted by atomic mass is 79.9. The summed E-state index contributed by atoms with van der Waals surface area (Å²) in [4.78, 5) is 4.54. The highest BCUT2D eigenvalue weighted by Crippen LogP contribution is 2.27. The second-order valence-corrected chi connectivity index (χ2v) is 5.84. The van der Waals surface area contributed by atoms with Crippen LogP contribution in [0, 0.1) is 6.92 Å². The molecule has 0 amide bonds. The van der Waals surface area contributed by atoms with Crippen molar-refractivity contribution in [3.63, 3.8) is 0 Å². The van der Waals surface area contributed by atoms with Gasteiger partial charge in [0.2, 0.25) is 0 Å². The van der Waals surface area contributed by atoms with Crippen molar-refractivity contribution >= 4 is 15.9 Å². The van der Waals surface area contributed by atoms with Gasteiger partial charge in [0.15, 0.2) is 5.82 Å². The summed E-state index contributed by atoms with van der Waals surface area (Å²) in [6, 6.07) is 6.29. The topological polar surface area (TPSA) is 51.0 Å². The summed E-state index contributed by atoms with van der Waals surface area (Å²) < 4.78 is 6.47. The van der Waals surface area contributed by atoms with E-state index in [1.807, 2.05) is 19.1 Å². The number of hydrogen-bond acceptors (Lipinski definition) is 4. The van der Waals surface area contributed by atoms with Gasteiger partial charge in [-0.2, -0.15) is 4.98 Å². The van der Waals surface area contributed by atoms with Crippen LogP contribution in [0.4, 0.5) is 0 Å². The molecule has 19 heavy (non-hydrogen) atoms. The van der Waals surface area contributed by atoms with Crippen molar-refractivity contribution in [3.8, 4) is 11.5 Å². The van der Waals surface area contributed by atoms with Gasteiger partial charge in [-0.1, -0.05) is 27.5 Å². The minimum atomic E-state index is 0.238. The first-order valence-corrected chi connectivity index (χ1v) is 7.37. The van der Waals surface area contributed by atoms with Crippen LogP contribution in [0.3, 0.4) is 0 Å². The number of rotatable bonds is 2. The van der Waals surface area contributed by atoms with Crippen molar-refractivity contribution in [2.45, 2.75) is 32.2 Å². The smallest absolute Gasteiger partial charge is 0.258 e. The van der Waals surface area contributed by atoms with E-state index in [4.69, 9.17) is 4.52 Å². The molecule has 1 unspecified atom stereocenters. The summed E-state index contributed by atoms with van der Waals surface area (Å²) >= 11 is 3.46. The lowest BCUT2D eigenvalue weighted by molar-refractivity contribution is 0.367. The fourth-order valence-electron chi connectivity index (χ4n) is 2.43. The molecule has 1 N–H and O–H groups in total. The molecular weight excluding hydrogens is 306 g/mol. The largest absolute Gasteiger partial charge is 0.334 e. The number of aromatic nitrogens is 2. The van der Waals surface area contributed by atoms with E-state index in [9.17, 15) is 0 Å². The van der Waals surface area contributed by atoms with E-state index >= 15 is 0 Å². The van der Waals surface area contributed by atoms with Gasteiger partial charge in [0, 0.05) is 10.0 Å². The van der Waals surface area contributed by atoms with E-state index in [2.05, 4.69) is 37.5 Å². The molecule has 0 radical (unpaired) electrons. The predicted molar refractivity (Wildman–Crippen MR) is 76.8 cm³/mol. The SMILES string of the molecule is Cc1cc(Br)ccc1-c1nc(C2CCCCN2)no1. The number of aryl methyl sites for hydroxylation is 1. The lowest BCUT2D eigenvalue weighted by atomic mass is 10.0. The van der Waals surface area contributed by atoms with Crippen LogP contribution in [0.1, 0.15) is 36.7 Å². The van der Waals surface area contributed by atoms with Gasteiger partial charge in [-0.15, -0.1) is 0 Å². The zero-order chi connectivity index (χ0) is 13.2. The number of piperidine rings is 1. The van der Waals surface area contributed by atoms with Crippen molar-refractivity contribution in [1.29, 1.82) is 0 Å². The van der Waals surface area contributed by atoms with Gasteiger partial charge in [0.05, 0.1) is 6.04 Å². The molecule has 1 aromatic carbocycles. The lowest BCUT2D eigenvalue weighted by Gasteiger charge is -2.19. The first-order valence-electron chi connectivity index (χ1n) is 6.57. The zero-order valence-electron chi connectivity index (χ0n) is 10.8. The van der Waals surface area contributed by atoms with Crippen molar-refractivity contribution < 1.29 is 4.52 Å². The Balaban J connectivity index is 1.87. The van der Waals surface area contributed by atoms with Crippen LogP contribution in [0.2, 0.25) is 0 Å². The third-order valence-corrected chi connectivity index (χ3v) is 3.98. The number of hydrogen-bond donors (Lipinski definition) is 1. The molecule has 0 spiro atoms. The van der Waals surface area contributed by atoms with Gasteiger partial charge in [0.1, 0.15) is 0 Å². The van der Waals surface area contributed by atoms with Gasteiger partial charge >= 0.3 is 0 Å². The summed E-state index contributed by atoms with van der Waals surface area (Å²) in [5, 5.41) is 7.55. The third kappa shape index (κ3) is 2.72. The molecule has 1 aromatic heterocycles. The van der Waals surface area contributed by atoms with Crippen molar-refractivity contribution in [1.82, 2.24) is 15.5 Å². The summed E-state index contributed by atoms with van der Waals surface area (Å²) in [5.41, 5.74) is 2.12. The molecule has 0 saturated carbocycles. The van der Waals surface area contributed by atoms with Gasteiger partial charge in [0.25, 0.3) is 5.89 Å². The number of benzene rings is 1. The Bertz CT molecular complexity index is 576. The average molecular weight is 322 g/mol. The Kier molecular flexibility index (Phi) is 3.66. The van der Waals surface area contributed by atoms with Gasteiger partial charge in [-0.3, -0.25) is 0 Å². The van der Waals surface area contributed by atoms with Crippen LogP contribution >= 0.6 is 15.9 Å². The Hall–Kier alpha value is -1.20. The van der Waals surface area contributed by atoms with Crippen LogP contribution in [0.5, 0.6) is 0 Å². The fourth-order valence-corrected chi connectivity index (χ4v) is 2.90. The van der Waals surface area contributed by atoms with Crippen molar-refractivity contribution in [3.05, 3.63) is 34.1 Å². The summed E-state index contributed by atoms with van der Waals surface area (Å²) in [6.45, 7) is 3.08. The number of nitrogens with one attached hydrogen (secondary N) is 1. The Morgan fingerprint density at radius 1 is 1.37 bits per heavy atom. The van der Waals surface area contributed by atoms with Gasteiger partial charge < -0.3 is 9.84 Å². The van der Waals surface area contributed by atoms with Crippen molar-refractivity contribution in [2.24, 2.45) is 0 Å². The monoisotopic (exact) mass is 321 g/mol. The van der Waals surface area contributed by atoms with Crippen LogP contribution in [0.25, 0.3) is 11.5 Å². The fraction of sp³-hybridized carbons (Fsp3) is 0.429. The van der Waals surface area contributed by atoms with E-state index in [1.165, 1.54) is 12.8 Å². The van der Waals surface area contributed by atoms with E-state index < -0.39 is 0 Å². The van der Waals surface area contributed by atoms with Crippen LogP contribution < -0.4 is 5.32 Å². The van der Waals surface area contributed by atoms with E-state index in [-0.39, 0.29) is 6.04 Å². The Labute approximate surface area is 120 Å². The van der Waals surface area contributed by atoms with Crippen LogP contribution in [-0.4, -0.2) is 16.7 Å². The molecule has 1 atom stereocenters. The second-order valence-electron chi connectivity index (χ2n) is 4.92. The van der Waals surface area contributed by atoms with E-state index in [1.54, 1.807) is 0 Å². The second kappa shape index (κ2) is 5.43. The summed E-state index contributed by atoms with van der Waals surface area (Å²) in [6.07, 6.45) is 3.53. The molecule has 5 heteroatoms. The molecule has 1 fully saturated rings. The summed E-state index contributed by atoms with van der Waals surface area (Å²) in [5.74, 6) is 1.38. The Morgan fingerprint density at radius 2 is 2.26 bits per heavy atom. The number of halogens is 1. The zero-order valence-corrected chi connectivity index (χ0v) is 12.4. The van der Waals surface area contributed by atoms with Crippen LogP contribution in [0.15, 0.2) is 27.2 Å².